The second kappa shape index (κ2) is 14.6. The van der Waals surface area contributed by atoms with Crippen LogP contribution in [0.2, 0.25) is 0 Å². The van der Waals surface area contributed by atoms with E-state index in [9.17, 15) is 19.8 Å². The summed E-state index contributed by atoms with van der Waals surface area (Å²) in [6.07, 6.45) is 7.04. The molecule has 0 bridgehead atoms. The first kappa shape index (κ1) is 33.8. The predicted octanol–water partition coefficient (Wildman–Crippen LogP) is 5.95. The number of aromatic nitrogens is 3. The zero-order valence-electron chi connectivity index (χ0n) is 28.4. The number of allylic oxidation sites excluding steroid dienone is 1. The Kier molecular flexibility index (Phi) is 9.70. The van der Waals surface area contributed by atoms with Crippen LogP contribution in [0, 0.1) is 5.92 Å². The summed E-state index contributed by atoms with van der Waals surface area (Å²) in [5, 5.41) is 37.2. The number of amides is 2. The highest BCUT2D eigenvalue weighted by Crippen LogP contribution is 2.47. The van der Waals surface area contributed by atoms with E-state index in [2.05, 4.69) is 10.3 Å². The van der Waals surface area contributed by atoms with Crippen LogP contribution in [0.4, 0.5) is 11.4 Å². The summed E-state index contributed by atoms with van der Waals surface area (Å²) in [7, 11) is 0. The molecule has 7 rings (SSSR count). The van der Waals surface area contributed by atoms with E-state index in [1.54, 1.807) is 27.8 Å². The van der Waals surface area contributed by atoms with Crippen molar-refractivity contribution < 1.29 is 19.8 Å². The molecule has 51 heavy (non-hydrogen) atoms. The van der Waals surface area contributed by atoms with Crippen LogP contribution in [0.5, 0.6) is 0 Å². The Bertz CT molecular complexity index is 2060. The summed E-state index contributed by atoms with van der Waals surface area (Å²) < 4.78 is 1.73. The van der Waals surface area contributed by atoms with Crippen molar-refractivity contribution in [3.8, 4) is 0 Å². The number of nitrogens with zero attached hydrogens (tertiary/aromatic N) is 6. The lowest BCUT2D eigenvalue weighted by atomic mass is 9.82. The van der Waals surface area contributed by atoms with E-state index >= 15 is 0 Å². The molecule has 2 amide bonds. The first-order chi connectivity index (χ1) is 24.9. The van der Waals surface area contributed by atoms with Gasteiger partial charge in [0.1, 0.15) is 0 Å². The van der Waals surface area contributed by atoms with Gasteiger partial charge in [-0.2, -0.15) is 5.10 Å². The molecule has 0 aliphatic carbocycles. The molecule has 2 N–H and O–H groups in total. The van der Waals surface area contributed by atoms with Gasteiger partial charge in [0, 0.05) is 37.1 Å². The number of hydrogen-bond acceptors (Lipinski definition) is 7. The van der Waals surface area contributed by atoms with Gasteiger partial charge in [-0.1, -0.05) is 115 Å². The fourth-order valence-corrected chi connectivity index (χ4v) is 6.87. The Morgan fingerprint density at radius 1 is 0.902 bits per heavy atom. The van der Waals surface area contributed by atoms with Crippen LogP contribution in [0.3, 0.4) is 0 Å². The van der Waals surface area contributed by atoms with Crippen molar-refractivity contribution in [3.05, 3.63) is 155 Å². The van der Waals surface area contributed by atoms with E-state index in [-0.39, 0.29) is 25.0 Å². The molecule has 3 heterocycles. The summed E-state index contributed by atoms with van der Waals surface area (Å²) in [5.74, 6) is -1.45. The minimum atomic E-state index is -1.88. The van der Waals surface area contributed by atoms with Gasteiger partial charge in [-0.05, 0) is 41.3 Å². The Hall–Kier alpha value is -5.71. The maximum absolute atomic E-state index is 14.3. The second-order valence-electron chi connectivity index (χ2n) is 13.0. The summed E-state index contributed by atoms with van der Waals surface area (Å²) in [6, 6.07) is 34.5. The molecule has 10 nitrogen and oxygen atoms in total. The van der Waals surface area contributed by atoms with Crippen molar-refractivity contribution in [2.24, 2.45) is 11.0 Å². The number of carbonyl (C=O) groups is 2. The first-order valence-corrected chi connectivity index (χ1v) is 17.3. The van der Waals surface area contributed by atoms with Crippen molar-refractivity contribution in [2.45, 2.75) is 50.8 Å². The molecule has 2 aliphatic rings. The average Bonchev–Trinajstić information content (AvgIpc) is 3.72. The molecule has 0 radical (unpaired) electrons. The van der Waals surface area contributed by atoms with E-state index in [0.717, 1.165) is 22.4 Å². The van der Waals surface area contributed by atoms with Crippen molar-refractivity contribution in [1.82, 2.24) is 15.0 Å². The zero-order valence-corrected chi connectivity index (χ0v) is 28.4. The highest BCUT2D eigenvalue weighted by atomic mass is 16.3. The molecule has 5 aromatic rings. The topological polar surface area (TPSA) is 124 Å². The third kappa shape index (κ3) is 6.75. The van der Waals surface area contributed by atoms with Gasteiger partial charge in [0.05, 0.1) is 41.8 Å². The molecule has 4 aromatic carbocycles. The van der Waals surface area contributed by atoms with Crippen LogP contribution in [0.15, 0.2) is 133 Å². The molecule has 0 saturated heterocycles. The molecule has 0 saturated carbocycles. The maximum atomic E-state index is 14.3. The lowest BCUT2D eigenvalue weighted by Crippen LogP contribution is -2.44. The highest BCUT2D eigenvalue weighted by molar-refractivity contribution is 6.10. The monoisotopic (exact) mass is 680 g/mol. The number of hydrogen-bond donors (Lipinski definition) is 2. The van der Waals surface area contributed by atoms with Gasteiger partial charge >= 0.3 is 0 Å². The maximum Gasteiger partial charge on any atom is 0.264 e. The molecular formula is C41H40N6O4. The number of benzene rings is 4. The zero-order chi connectivity index (χ0) is 35.4. The van der Waals surface area contributed by atoms with Crippen molar-refractivity contribution in [3.63, 3.8) is 0 Å². The van der Waals surface area contributed by atoms with Gasteiger partial charge in [0.15, 0.2) is 5.60 Å². The largest absolute Gasteiger partial charge is 0.395 e. The Balaban J connectivity index is 1.14. The summed E-state index contributed by atoms with van der Waals surface area (Å²) in [6.45, 7) is 2.56. The predicted molar refractivity (Wildman–Crippen MR) is 196 cm³/mol. The van der Waals surface area contributed by atoms with E-state index in [1.807, 2.05) is 116 Å². The van der Waals surface area contributed by atoms with Gasteiger partial charge in [0.2, 0.25) is 5.91 Å². The quantitative estimate of drug-likeness (QED) is 0.157. The minimum Gasteiger partial charge on any atom is -0.395 e. The van der Waals surface area contributed by atoms with Crippen LogP contribution < -0.4 is 9.91 Å². The fourth-order valence-electron chi connectivity index (χ4n) is 6.87. The van der Waals surface area contributed by atoms with E-state index in [0.29, 0.717) is 48.4 Å². The summed E-state index contributed by atoms with van der Waals surface area (Å²) in [4.78, 5) is 29.1. The lowest BCUT2D eigenvalue weighted by molar-refractivity contribution is -0.139. The third-order valence-electron chi connectivity index (χ3n) is 9.73. The van der Waals surface area contributed by atoms with Gasteiger partial charge in [-0.3, -0.25) is 14.3 Å². The average molecular weight is 681 g/mol. The van der Waals surface area contributed by atoms with E-state index in [1.165, 1.54) is 5.01 Å². The Morgan fingerprint density at radius 2 is 1.61 bits per heavy atom. The molecular weight excluding hydrogens is 640 g/mol. The van der Waals surface area contributed by atoms with Crippen LogP contribution >= 0.6 is 0 Å². The number of aryl methyl sites for hydroxylation is 1. The van der Waals surface area contributed by atoms with E-state index in [4.69, 9.17) is 5.10 Å². The molecule has 258 valence electrons. The van der Waals surface area contributed by atoms with Crippen molar-refractivity contribution in [1.29, 1.82) is 0 Å². The van der Waals surface area contributed by atoms with Crippen molar-refractivity contribution in [2.75, 3.05) is 16.5 Å². The van der Waals surface area contributed by atoms with E-state index < -0.39 is 17.4 Å². The molecule has 1 aromatic heterocycles. The standard InChI is InChI=1S/C41H40N6O4/c1-29(13-11-12-24-45-27-37(42-44-45)34(28-48)31-16-7-3-8-17-31)41(51)35-25-33(47-39(49)23-21-36(43-47)32-18-9-4-10-19-32)20-22-38(35)46(40(41)50)26-30-14-5-2-6-15-30/h2-11,13-20,22,25,27,29,34,48,51H,12,21,23-24,26,28H2,1H3/b13-11+/t29-,34?,41+/m0/s1. The minimum absolute atomic E-state index is 0.0797. The SMILES string of the molecule is C[C@@H](/C=C/CCn1cc(C(CO)c2ccccc2)nn1)[C@]1(O)C(=O)N(Cc2ccccc2)c2ccc(N3N=C(c4ccccc4)CCC3=O)cc21. The second-order valence-corrected chi connectivity index (χ2v) is 13.0. The Labute approximate surface area is 297 Å². The van der Waals surface area contributed by atoms with Gasteiger partial charge < -0.3 is 15.1 Å². The van der Waals surface area contributed by atoms with Crippen LogP contribution in [-0.4, -0.2) is 49.3 Å². The van der Waals surface area contributed by atoms with Crippen LogP contribution in [0.1, 0.15) is 60.1 Å². The number of aliphatic hydroxyl groups excluding tert-OH is 1. The Morgan fingerprint density at radius 3 is 2.33 bits per heavy atom. The third-order valence-corrected chi connectivity index (χ3v) is 9.73. The molecule has 0 spiro atoms. The fraction of sp³-hybridized carbons (Fsp3) is 0.244. The number of hydrazone groups is 1. The molecule has 2 aliphatic heterocycles. The number of anilines is 2. The smallest absolute Gasteiger partial charge is 0.264 e. The van der Waals surface area contributed by atoms with Gasteiger partial charge in [-0.15, -0.1) is 5.10 Å². The number of rotatable bonds is 12. The van der Waals surface area contributed by atoms with Crippen LogP contribution in [0.25, 0.3) is 0 Å². The highest BCUT2D eigenvalue weighted by Gasteiger charge is 2.52. The molecule has 10 heteroatoms. The van der Waals surface area contributed by atoms with Crippen LogP contribution in [-0.2, 0) is 28.3 Å². The lowest BCUT2D eigenvalue weighted by Gasteiger charge is -2.28. The summed E-state index contributed by atoms with van der Waals surface area (Å²) >= 11 is 0. The number of aliphatic hydroxyl groups is 2. The van der Waals surface area contributed by atoms with Crippen molar-refractivity contribution >= 4 is 28.9 Å². The molecule has 1 unspecified atom stereocenters. The molecule has 0 fully saturated rings. The summed E-state index contributed by atoms with van der Waals surface area (Å²) in [5.41, 5.74) is 3.97. The van der Waals surface area contributed by atoms with Gasteiger partial charge in [-0.25, -0.2) is 5.01 Å². The molecule has 3 atom stereocenters. The normalized spacial score (nSPS) is 18.6. The van der Waals surface area contributed by atoms with Gasteiger partial charge in [0.25, 0.3) is 5.91 Å². The number of fused-ring (bicyclic) bond motifs is 1. The first-order valence-electron chi connectivity index (χ1n) is 17.3. The number of carbonyl (C=O) groups excluding carboxylic acids is 2.